The van der Waals surface area contributed by atoms with Crippen molar-refractivity contribution in [2.75, 3.05) is 30.0 Å². The van der Waals surface area contributed by atoms with Crippen molar-refractivity contribution in [1.29, 1.82) is 0 Å². The van der Waals surface area contributed by atoms with Crippen molar-refractivity contribution in [3.63, 3.8) is 0 Å². The van der Waals surface area contributed by atoms with Crippen LogP contribution in [0.1, 0.15) is 6.92 Å². The van der Waals surface area contributed by atoms with Crippen LogP contribution in [0.15, 0.2) is 30.3 Å². The first-order valence-corrected chi connectivity index (χ1v) is 7.98. The molecular weight excluding hydrogens is 365 g/mol. The van der Waals surface area contributed by atoms with E-state index in [9.17, 15) is 22.8 Å². The number of fused-ring (bicyclic) bond motifs is 1. The van der Waals surface area contributed by atoms with E-state index in [2.05, 4.69) is 5.32 Å². The second-order valence-corrected chi connectivity index (χ2v) is 5.71. The SMILES string of the molecule is CC(=O)N(CC(=O)Nc1ccc2c(c1)OCCO2)c1ccc(F)c(F)c1F. The van der Waals surface area contributed by atoms with Gasteiger partial charge >= 0.3 is 0 Å². The van der Waals surface area contributed by atoms with E-state index in [1.54, 1.807) is 18.2 Å². The molecule has 1 aliphatic heterocycles. The zero-order chi connectivity index (χ0) is 19.6. The Morgan fingerprint density at radius 3 is 2.44 bits per heavy atom. The molecule has 0 spiro atoms. The normalized spacial score (nSPS) is 12.4. The number of benzene rings is 2. The van der Waals surface area contributed by atoms with Gasteiger partial charge in [-0.2, -0.15) is 0 Å². The van der Waals surface area contributed by atoms with Crippen LogP contribution in [0.2, 0.25) is 0 Å². The predicted octanol–water partition coefficient (Wildman–Crippen LogP) is 2.87. The number of ether oxygens (including phenoxy) is 2. The Labute approximate surface area is 152 Å². The number of rotatable bonds is 4. The van der Waals surface area contributed by atoms with Crippen LogP contribution in [0.5, 0.6) is 11.5 Å². The molecule has 2 aromatic carbocycles. The molecule has 0 atom stereocenters. The van der Waals surface area contributed by atoms with Crippen molar-refractivity contribution in [1.82, 2.24) is 0 Å². The molecule has 0 bridgehead atoms. The molecule has 0 radical (unpaired) electrons. The largest absolute Gasteiger partial charge is 0.486 e. The van der Waals surface area contributed by atoms with Crippen LogP contribution < -0.4 is 19.7 Å². The van der Waals surface area contributed by atoms with Gasteiger partial charge in [-0.3, -0.25) is 9.59 Å². The highest BCUT2D eigenvalue weighted by Gasteiger charge is 2.23. The summed E-state index contributed by atoms with van der Waals surface area (Å²) < 4.78 is 51.3. The molecule has 9 heteroatoms. The number of carbonyl (C=O) groups is 2. The van der Waals surface area contributed by atoms with Gasteiger partial charge in [-0.15, -0.1) is 0 Å². The maximum absolute atomic E-state index is 14.0. The maximum atomic E-state index is 14.0. The fourth-order valence-corrected chi connectivity index (χ4v) is 2.56. The average Bonchev–Trinajstić information content (AvgIpc) is 2.64. The number of anilines is 2. The Kier molecular flexibility index (Phi) is 5.20. The van der Waals surface area contributed by atoms with Gasteiger partial charge in [0.15, 0.2) is 29.0 Å². The van der Waals surface area contributed by atoms with E-state index in [0.717, 1.165) is 13.0 Å². The molecule has 142 valence electrons. The molecule has 0 saturated carbocycles. The summed E-state index contributed by atoms with van der Waals surface area (Å²) in [7, 11) is 0. The van der Waals surface area contributed by atoms with E-state index >= 15 is 0 Å². The van der Waals surface area contributed by atoms with Crippen LogP contribution in [-0.2, 0) is 9.59 Å². The van der Waals surface area contributed by atoms with Crippen molar-refractivity contribution in [3.05, 3.63) is 47.8 Å². The van der Waals surface area contributed by atoms with Gasteiger partial charge in [0.05, 0.1) is 5.69 Å². The minimum Gasteiger partial charge on any atom is -0.486 e. The molecule has 2 amide bonds. The van der Waals surface area contributed by atoms with Crippen molar-refractivity contribution < 1.29 is 32.2 Å². The second-order valence-electron chi connectivity index (χ2n) is 5.71. The van der Waals surface area contributed by atoms with Gasteiger partial charge < -0.3 is 19.7 Å². The van der Waals surface area contributed by atoms with Crippen LogP contribution in [0.25, 0.3) is 0 Å². The first-order valence-electron chi connectivity index (χ1n) is 7.98. The van der Waals surface area contributed by atoms with E-state index in [-0.39, 0.29) is 0 Å². The molecule has 0 aliphatic carbocycles. The summed E-state index contributed by atoms with van der Waals surface area (Å²) in [5.41, 5.74) is -0.155. The summed E-state index contributed by atoms with van der Waals surface area (Å²) in [6.07, 6.45) is 0. The summed E-state index contributed by atoms with van der Waals surface area (Å²) in [4.78, 5) is 24.8. The van der Waals surface area contributed by atoms with Gasteiger partial charge in [-0.1, -0.05) is 0 Å². The minimum atomic E-state index is -1.72. The van der Waals surface area contributed by atoms with E-state index in [0.29, 0.717) is 41.4 Å². The number of hydrogen-bond donors (Lipinski definition) is 1. The molecule has 1 aliphatic rings. The van der Waals surface area contributed by atoms with Crippen molar-refractivity contribution in [3.8, 4) is 11.5 Å². The van der Waals surface area contributed by atoms with Crippen molar-refractivity contribution in [2.24, 2.45) is 0 Å². The molecule has 1 heterocycles. The Morgan fingerprint density at radius 2 is 1.74 bits per heavy atom. The van der Waals surface area contributed by atoms with Gasteiger partial charge in [-0.05, 0) is 24.3 Å². The third-order valence-electron chi connectivity index (χ3n) is 3.81. The molecule has 2 aromatic rings. The third-order valence-corrected chi connectivity index (χ3v) is 3.81. The number of nitrogens with zero attached hydrogens (tertiary/aromatic N) is 1. The number of nitrogens with one attached hydrogen (secondary N) is 1. The molecule has 0 fully saturated rings. The van der Waals surface area contributed by atoms with E-state index in [4.69, 9.17) is 9.47 Å². The average molecular weight is 380 g/mol. The number of halogens is 3. The Morgan fingerprint density at radius 1 is 1.04 bits per heavy atom. The number of carbonyl (C=O) groups excluding carboxylic acids is 2. The Balaban J connectivity index is 1.76. The van der Waals surface area contributed by atoms with Gasteiger partial charge in [0.25, 0.3) is 0 Å². The third kappa shape index (κ3) is 3.97. The number of hydrogen-bond acceptors (Lipinski definition) is 4. The van der Waals surface area contributed by atoms with E-state index < -0.39 is 41.5 Å². The predicted molar refractivity (Wildman–Crippen MR) is 90.4 cm³/mol. The zero-order valence-electron chi connectivity index (χ0n) is 14.2. The Hall–Kier alpha value is -3.23. The smallest absolute Gasteiger partial charge is 0.244 e. The molecule has 0 aromatic heterocycles. The van der Waals surface area contributed by atoms with Gasteiger partial charge in [0.1, 0.15) is 19.8 Å². The first-order chi connectivity index (χ1) is 12.9. The van der Waals surface area contributed by atoms with Crippen LogP contribution in [-0.4, -0.2) is 31.6 Å². The monoisotopic (exact) mass is 380 g/mol. The molecule has 1 N–H and O–H groups in total. The summed E-state index contributed by atoms with van der Waals surface area (Å²) in [6.45, 7) is 1.29. The minimum absolute atomic E-state index is 0.373. The van der Waals surface area contributed by atoms with E-state index in [1.807, 2.05) is 0 Å². The lowest BCUT2D eigenvalue weighted by Crippen LogP contribution is -2.37. The van der Waals surface area contributed by atoms with Gasteiger partial charge in [-0.25, -0.2) is 13.2 Å². The lowest BCUT2D eigenvalue weighted by molar-refractivity contribution is -0.120. The molecule has 6 nitrogen and oxygen atoms in total. The topological polar surface area (TPSA) is 67.9 Å². The lowest BCUT2D eigenvalue weighted by atomic mass is 10.2. The molecular formula is C18H15F3N2O4. The van der Waals surface area contributed by atoms with Crippen LogP contribution >= 0.6 is 0 Å². The highest BCUT2D eigenvalue weighted by atomic mass is 19.2. The van der Waals surface area contributed by atoms with Crippen molar-refractivity contribution in [2.45, 2.75) is 6.92 Å². The van der Waals surface area contributed by atoms with Crippen molar-refractivity contribution >= 4 is 23.2 Å². The summed E-state index contributed by atoms with van der Waals surface area (Å²) in [5.74, 6) is -5.03. The fraction of sp³-hybridized carbons (Fsp3) is 0.222. The zero-order valence-corrected chi connectivity index (χ0v) is 14.2. The quantitative estimate of drug-likeness (QED) is 0.829. The van der Waals surface area contributed by atoms with Gasteiger partial charge in [0, 0.05) is 18.7 Å². The summed E-state index contributed by atoms with van der Waals surface area (Å²) in [6, 6.07) is 6.31. The van der Waals surface area contributed by atoms with Crippen LogP contribution in [0.3, 0.4) is 0 Å². The summed E-state index contributed by atoms with van der Waals surface area (Å²) in [5, 5.41) is 2.53. The second kappa shape index (κ2) is 7.56. The maximum Gasteiger partial charge on any atom is 0.244 e. The molecule has 0 unspecified atom stereocenters. The Bertz CT molecular complexity index is 904. The number of amides is 2. The highest BCUT2D eigenvalue weighted by molar-refractivity contribution is 6.02. The molecule has 27 heavy (non-hydrogen) atoms. The van der Waals surface area contributed by atoms with Gasteiger partial charge in [0.2, 0.25) is 11.8 Å². The fourth-order valence-electron chi connectivity index (χ4n) is 2.56. The highest BCUT2D eigenvalue weighted by Crippen LogP contribution is 2.32. The molecule has 0 saturated heterocycles. The first kappa shape index (κ1) is 18.6. The van der Waals surface area contributed by atoms with Crippen LogP contribution in [0, 0.1) is 17.5 Å². The standard InChI is InChI=1S/C18H15F3N2O4/c1-10(24)23(13-4-3-12(19)17(20)18(13)21)9-16(25)22-11-2-5-14-15(8-11)27-7-6-26-14/h2-5,8H,6-7,9H2,1H3,(H,22,25). The van der Waals surface area contributed by atoms with Crippen LogP contribution in [0.4, 0.5) is 24.5 Å². The van der Waals surface area contributed by atoms with E-state index in [1.165, 1.54) is 0 Å². The molecule has 3 rings (SSSR count). The summed E-state index contributed by atoms with van der Waals surface area (Å²) >= 11 is 0. The lowest BCUT2D eigenvalue weighted by Gasteiger charge is -2.22.